The molecule has 1 aromatic heterocycles. The Morgan fingerprint density at radius 2 is 2.00 bits per heavy atom. The summed E-state index contributed by atoms with van der Waals surface area (Å²) in [6.45, 7) is 0. The molecule has 0 radical (unpaired) electrons. The molecule has 3 nitrogen and oxygen atoms in total. The first-order valence-electron chi connectivity index (χ1n) is 5.65. The van der Waals surface area contributed by atoms with Crippen molar-refractivity contribution in [3.8, 4) is 0 Å². The molecule has 0 saturated heterocycles. The summed E-state index contributed by atoms with van der Waals surface area (Å²) in [5.41, 5.74) is 1.41. The van der Waals surface area contributed by atoms with Gasteiger partial charge in [-0.15, -0.1) is 0 Å². The average molecular weight is 296 g/mol. The van der Waals surface area contributed by atoms with Crippen LogP contribution >= 0.6 is 23.2 Å². The molecular weight excluding hydrogens is 285 g/mol. The molecule has 1 aromatic carbocycles. The molecule has 0 saturated carbocycles. The highest BCUT2D eigenvalue weighted by Crippen LogP contribution is 2.28. The topological polar surface area (TPSA) is 50.2 Å². The van der Waals surface area contributed by atoms with Crippen molar-refractivity contribution in [1.82, 2.24) is 4.98 Å². The summed E-state index contributed by atoms with van der Waals surface area (Å²) in [4.78, 5) is 15.3. The van der Waals surface area contributed by atoms with Crippen LogP contribution in [0, 0.1) is 0 Å². The van der Waals surface area contributed by atoms with Gasteiger partial charge < -0.3 is 5.11 Å². The van der Waals surface area contributed by atoms with Crippen molar-refractivity contribution in [2.75, 3.05) is 0 Å². The van der Waals surface area contributed by atoms with Crippen LogP contribution in [-0.4, -0.2) is 16.1 Å². The number of carbonyl (C=O) groups is 1. The lowest BCUT2D eigenvalue weighted by Crippen LogP contribution is -2.15. The molecule has 0 fully saturated rings. The second-order valence-corrected chi connectivity index (χ2v) is 4.90. The Morgan fingerprint density at radius 3 is 2.63 bits per heavy atom. The maximum absolute atomic E-state index is 11.4. The number of nitrogens with zero attached hydrogens (tertiary/aromatic N) is 1. The van der Waals surface area contributed by atoms with Crippen LogP contribution in [0.1, 0.15) is 17.0 Å². The van der Waals surface area contributed by atoms with Gasteiger partial charge in [0.25, 0.3) is 0 Å². The summed E-state index contributed by atoms with van der Waals surface area (Å²) in [6.07, 6.45) is 1.88. The van der Waals surface area contributed by atoms with Crippen molar-refractivity contribution in [1.29, 1.82) is 0 Å². The average Bonchev–Trinajstić information content (AvgIpc) is 2.37. The van der Waals surface area contributed by atoms with Crippen LogP contribution in [0.25, 0.3) is 0 Å². The number of rotatable bonds is 4. The van der Waals surface area contributed by atoms with E-state index in [1.54, 1.807) is 42.6 Å². The van der Waals surface area contributed by atoms with E-state index in [4.69, 9.17) is 23.2 Å². The highest BCUT2D eigenvalue weighted by atomic mass is 35.5. The van der Waals surface area contributed by atoms with Gasteiger partial charge in [-0.05, 0) is 35.7 Å². The van der Waals surface area contributed by atoms with Gasteiger partial charge in [0.15, 0.2) is 0 Å². The Bertz CT molecular complexity index is 602. The molecule has 1 unspecified atom stereocenters. The summed E-state index contributed by atoms with van der Waals surface area (Å²) < 4.78 is 0. The molecule has 2 rings (SSSR count). The first-order valence-corrected chi connectivity index (χ1v) is 6.41. The molecule has 1 heterocycles. The Labute approximate surface area is 120 Å². The standard InChI is InChI=1S/C14H11Cl2NO2/c15-12-4-2-1-3-10(12)11(14(18)19)7-9-5-6-17-13(16)8-9/h1-6,8,11H,7H2,(H,18,19). The van der Waals surface area contributed by atoms with E-state index in [2.05, 4.69) is 4.98 Å². The number of carboxylic acids is 1. The quantitative estimate of drug-likeness (QED) is 0.873. The lowest BCUT2D eigenvalue weighted by Gasteiger charge is -2.14. The van der Waals surface area contributed by atoms with Crippen LogP contribution in [0.5, 0.6) is 0 Å². The van der Waals surface area contributed by atoms with E-state index < -0.39 is 11.9 Å². The van der Waals surface area contributed by atoms with Gasteiger partial charge in [0.2, 0.25) is 0 Å². The minimum Gasteiger partial charge on any atom is -0.481 e. The highest BCUT2D eigenvalue weighted by molar-refractivity contribution is 6.31. The van der Waals surface area contributed by atoms with E-state index in [-0.39, 0.29) is 0 Å². The molecule has 0 aliphatic heterocycles. The fraction of sp³-hybridized carbons (Fsp3) is 0.143. The van der Waals surface area contributed by atoms with Crippen molar-refractivity contribution in [3.63, 3.8) is 0 Å². The second-order valence-electron chi connectivity index (χ2n) is 4.10. The summed E-state index contributed by atoms with van der Waals surface area (Å²) >= 11 is 11.9. The number of aromatic nitrogens is 1. The smallest absolute Gasteiger partial charge is 0.311 e. The van der Waals surface area contributed by atoms with Crippen molar-refractivity contribution in [2.24, 2.45) is 0 Å². The lowest BCUT2D eigenvalue weighted by molar-refractivity contribution is -0.138. The number of halogens is 2. The van der Waals surface area contributed by atoms with E-state index in [9.17, 15) is 9.90 Å². The van der Waals surface area contributed by atoms with Gasteiger partial charge in [-0.1, -0.05) is 41.4 Å². The van der Waals surface area contributed by atoms with Gasteiger partial charge in [0.1, 0.15) is 5.15 Å². The largest absolute Gasteiger partial charge is 0.481 e. The molecule has 5 heteroatoms. The summed E-state index contributed by atoms with van der Waals surface area (Å²) in [6, 6.07) is 10.4. The third-order valence-corrected chi connectivity index (χ3v) is 3.36. The molecule has 1 atom stereocenters. The first kappa shape index (κ1) is 13.8. The van der Waals surface area contributed by atoms with Crippen LogP contribution < -0.4 is 0 Å². The molecular formula is C14H11Cl2NO2. The van der Waals surface area contributed by atoms with Gasteiger partial charge in [0, 0.05) is 11.2 Å². The minimum atomic E-state index is -0.916. The zero-order chi connectivity index (χ0) is 13.8. The SMILES string of the molecule is O=C(O)C(Cc1ccnc(Cl)c1)c1ccccc1Cl. The van der Waals surface area contributed by atoms with E-state index in [0.29, 0.717) is 22.2 Å². The Morgan fingerprint density at radius 1 is 1.26 bits per heavy atom. The van der Waals surface area contributed by atoms with Crippen LogP contribution in [0.2, 0.25) is 10.2 Å². The van der Waals surface area contributed by atoms with Gasteiger partial charge in [-0.25, -0.2) is 4.98 Å². The molecule has 0 bridgehead atoms. The van der Waals surface area contributed by atoms with Gasteiger partial charge >= 0.3 is 5.97 Å². The lowest BCUT2D eigenvalue weighted by atomic mass is 9.92. The summed E-state index contributed by atoms with van der Waals surface area (Å²) in [5.74, 6) is -1.62. The zero-order valence-electron chi connectivity index (χ0n) is 9.88. The number of aliphatic carboxylic acids is 1. The van der Waals surface area contributed by atoms with Crippen molar-refractivity contribution in [2.45, 2.75) is 12.3 Å². The third-order valence-electron chi connectivity index (χ3n) is 2.81. The fourth-order valence-electron chi connectivity index (χ4n) is 1.89. The normalized spacial score (nSPS) is 12.1. The molecule has 0 aliphatic rings. The number of carboxylic acid groups (broad SMARTS) is 1. The van der Waals surface area contributed by atoms with Crippen LogP contribution in [-0.2, 0) is 11.2 Å². The van der Waals surface area contributed by atoms with Crippen molar-refractivity contribution < 1.29 is 9.90 Å². The van der Waals surface area contributed by atoms with Crippen molar-refractivity contribution >= 4 is 29.2 Å². The van der Waals surface area contributed by atoms with Crippen LogP contribution in [0.15, 0.2) is 42.6 Å². The summed E-state index contributed by atoms with van der Waals surface area (Å²) in [5, 5.41) is 10.2. The maximum atomic E-state index is 11.4. The molecule has 0 amide bonds. The molecule has 2 aromatic rings. The number of hydrogen-bond donors (Lipinski definition) is 1. The van der Waals surface area contributed by atoms with E-state index in [0.717, 1.165) is 5.56 Å². The monoisotopic (exact) mass is 295 g/mol. The Hall–Kier alpha value is -1.58. The van der Waals surface area contributed by atoms with E-state index in [1.807, 2.05) is 0 Å². The van der Waals surface area contributed by atoms with Crippen LogP contribution in [0.4, 0.5) is 0 Å². The molecule has 0 spiro atoms. The number of hydrogen-bond acceptors (Lipinski definition) is 2. The molecule has 98 valence electrons. The minimum absolute atomic E-state index is 0.321. The van der Waals surface area contributed by atoms with E-state index >= 15 is 0 Å². The second kappa shape index (κ2) is 6.04. The maximum Gasteiger partial charge on any atom is 0.311 e. The molecule has 19 heavy (non-hydrogen) atoms. The third kappa shape index (κ3) is 3.46. The number of pyridine rings is 1. The first-order chi connectivity index (χ1) is 9.08. The Kier molecular flexibility index (Phi) is 4.40. The van der Waals surface area contributed by atoms with Gasteiger partial charge in [-0.2, -0.15) is 0 Å². The highest BCUT2D eigenvalue weighted by Gasteiger charge is 2.22. The van der Waals surface area contributed by atoms with Gasteiger partial charge in [0.05, 0.1) is 5.92 Å². The molecule has 0 aliphatic carbocycles. The zero-order valence-corrected chi connectivity index (χ0v) is 11.4. The fourth-order valence-corrected chi connectivity index (χ4v) is 2.36. The Balaban J connectivity index is 2.32. The van der Waals surface area contributed by atoms with E-state index in [1.165, 1.54) is 0 Å². The van der Waals surface area contributed by atoms with Crippen molar-refractivity contribution in [3.05, 3.63) is 63.9 Å². The summed E-state index contributed by atoms with van der Waals surface area (Å²) in [7, 11) is 0. The van der Waals surface area contributed by atoms with Gasteiger partial charge in [-0.3, -0.25) is 4.79 Å². The van der Waals surface area contributed by atoms with Crippen LogP contribution in [0.3, 0.4) is 0 Å². The predicted octanol–water partition coefficient (Wildman–Crippen LogP) is 3.80. The predicted molar refractivity (Wildman–Crippen MR) is 74.8 cm³/mol. The molecule has 1 N–H and O–H groups in total. The number of benzene rings is 1.